The van der Waals surface area contributed by atoms with Crippen LogP contribution in [-0.2, 0) is 6.54 Å². The Bertz CT molecular complexity index is 696. The lowest BCUT2D eigenvalue weighted by Gasteiger charge is -2.09. The van der Waals surface area contributed by atoms with Crippen molar-refractivity contribution in [2.75, 3.05) is 0 Å². The minimum Gasteiger partial charge on any atom is -0.341 e. The summed E-state index contributed by atoms with van der Waals surface area (Å²) in [4.78, 5) is 13.1. The van der Waals surface area contributed by atoms with Crippen molar-refractivity contribution in [3.05, 3.63) is 65.9 Å². The van der Waals surface area contributed by atoms with Crippen molar-refractivity contribution in [3.63, 3.8) is 0 Å². The molecule has 0 saturated heterocycles. The Hall–Kier alpha value is -2.49. The van der Waals surface area contributed by atoms with Gasteiger partial charge < -0.3 is 4.57 Å². The molecule has 20 heavy (non-hydrogen) atoms. The summed E-state index contributed by atoms with van der Waals surface area (Å²) < 4.78 is 2.16. The zero-order valence-electron chi connectivity index (χ0n) is 11.6. The molecule has 0 unspecified atom stereocenters. The van der Waals surface area contributed by atoms with E-state index < -0.39 is 0 Å². The summed E-state index contributed by atoms with van der Waals surface area (Å²) in [5.41, 5.74) is 2.27. The van der Waals surface area contributed by atoms with Crippen molar-refractivity contribution < 1.29 is 0 Å². The summed E-state index contributed by atoms with van der Waals surface area (Å²) in [6.45, 7) is 4.60. The third-order valence-corrected chi connectivity index (χ3v) is 3.11. The molecule has 0 radical (unpaired) electrons. The Labute approximate surface area is 118 Å². The highest BCUT2D eigenvalue weighted by atomic mass is 15.1. The van der Waals surface area contributed by atoms with Gasteiger partial charge in [0, 0.05) is 12.7 Å². The van der Waals surface area contributed by atoms with Crippen LogP contribution in [0.4, 0.5) is 0 Å². The molecular weight excluding hydrogens is 248 g/mol. The molecule has 4 nitrogen and oxygen atoms in total. The van der Waals surface area contributed by atoms with E-state index in [1.54, 1.807) is 0 Å². The van der Waals surface area contributed by atoms with Crippen molar-refractivity contribution in [1.29, 1.82) is 0 Å². The highest BCUT2D eigenvalue weighted by Crippen LogP contribution is 2.17. The van der Waals surface area contributed by atoms with Gasteiger partial charge in [0.15, 0.2) is 5.82 Å². The number of benzene rings is 1. The van der Waals surface area contributed by atoms with Gasteiger partial charge in [0.05, 0.1) is 5.69 Å². The normalized spacial score (nSPS) is 10.7. The molecule has 0 amide bonds. The van der Waals surface area contributed by atoms with Crippen molar-refractivity contribution in [1.82, 2.24) is 19.5 Å². The van der Waals surface area contributed by atoms with E-state index in [-0.39, 0.29) is 0 Å². The third kappa shape index (κ3) is 2.59. The number of nitrogens with zero attached hydrogens (tertiary/aromatic N) is 4. The predicted molar refractivity (Wildman–Crippen MR) is 78.3 cm³/mol. The summed E-state index contributed by atoms with van der Waals surface area (Å²) in [7, 11) is 0. The Morgan fingerprint density at radius 3 is 2.25 bits per heavy atom. The van der Waals surface area contributed by atoms with Crippen LogP contribution in [0.5, 0.6) is 0 Å². The van der Waals surface area contributed by atoms with Crippen LogP contribution >= 0.6 is 0 Å². The molecule has 2 aromatic heterocycles. The van der Waals surface area contributed by atoms with E-state index in [2.05, 4.69) is 50.0 Å². The van der Waals surface area contributed by atoms with Gasteiger partial charge in [-0.2, -0.15) is 0 Å². The number of rotatable bonds is 3. The van der Waals surface area contributed by atoms with Gasteiger partial charge in [-0.1, -0.05) is 30.3 Å². The van der Waals surface area contributed by atoms with Gasteiger partial charge in [-0.05, 0) is 31.5 Å². The number of aryl methyl sites for hydroxylation is 2. The lowest BCUT2D eigenvalue weighted by atomic mass is 10.2. The Balaban J connectivity index is 1.98. The van der Waals surface area contributed by atoms with Crippen molar-refractivity contribution in [2.45, 2.75) is 20.4 Å². The highest BCUT2D eigenvalue weighted by Gasteiger charge is 2.09. The Morgan fingerprint density at radius 2 is 1.55 bits per heavy atom. The van der Waals surface area contributed by atoms with E-state index in [1.165, 1.54) is 5.56 Å². The average Bonchev–Trinajstić information content (AvgIpc) is 2.87. The second-order valence-electron chi connectivity index (χ2n) is 4.76. The summed E-state index contributed by atoms with van der Waals surface area (Å²) in [6.07, 6.45) is 2.05. The van der Waals surface area contributed by atoms with Gasteiger partial charge in [0.25, 0.3) is 0 Å². The summed E-state index contributed by atoms with van der Waals surface area (Å²) in [5, 5.41) is 0. The zero-order chi connectivity index (χ0) is 13.9. The largest absolute Gasteiger partial charge is 0.341 e. The van der Waals surface area contributed by atoms with E-state index in [4.69, 9.17) is 0 Å². The van der Waals surface area contributed by atoms with Crippen LogP contribution in [0.2, 0.25) is 0 Å². The van der Waals surface area contributed by atoms with Gasteiger partial charge in [0.1, 0.15) is 11.6 Å². The molecule has 100 valence electrons. The van der Waals surface area contributed by atoms with E-state index >= 15 is 0 Å². The maximum atomic E-state index is 4.44. The molecular formula is C16H16N4. The third-order valence-electron chi connectivity index (χ3n) is 3.11. The molecule has 0 saturated carbocycles. The molecule has 0 atom stereocenters. The number of hydrogen-bond donors (Lipinski definition) is 0. The molecule has 0 N–H and O–H groups in total. The van der Waals surface area contributed by atoms with Gasteiger partial charge >= 0.3 is 0 Å². The fourth-order valence-corrected chi connectivity index (χ4v) is 2.27. The van der Waals surface area contributed by atoms with Crippen LogP contribution in [0.3, 0.4) is 0 Å². The van der Waals surface area contributed by atoms with Gasteiger partial charge in [-0.3, -0.25) is 0 Å². The van der Waals surface area contributed by atoms with Gasteiger partial charge in [0.2, 0.25) is 0 Å². The van der Waals surface area contributed by atoms with Crippen LogP contribution in [0.1, 0.15) is 17.2 Å². The summed E-state index contributed by atoms with van der Waals surface area (Å²) in [6, 6.07) is 14.4. The van der Waals surface area contributed by atoms with E-state index in [0.717, 1.165) is 29.7 Å². The maximum Gasteiger partial charge on any atom is 0.179 e. The lowest BCUT2D eigenvalue weighted by molar-refractivity contribution is 0.800. The fourth-order valence-electron chi connectivity index (χ4n) is 2.27. The maximum absolute atomic E-state index is 4.44. The van der Waals surface area contributed by atoms with Crippen molar-refractivity contribution in [2.24, 2.45) is 0 Å². The van der Waals surface area contributed by atoms with E-state index in [9.17, 15) is 0 Å². The SMILES string of the molecule is Cc1nc(C)nc(-c2cccn2Cc2ccccc2)n1. The first-order chi connectivity index (χ1) is 9.72. The van der Waals surface area contributed by atoms with Crippen LogP contribution in [0.15, 0.2) is 48.7 Å². The van der Waals surface area contributed by atoms with E-state index in [0.29, 0.717) is 0 Å². The second kappa shape index (κ2) is 5.25. The topological polar surface area (TPSA) is 43.6 Å². The summed E-state index contributed by atoms with van der Waals surface area (Å²) in [5.74, 6) is 2.23. The lowest BCUT2D eigenvalue weighted by Crippen LogP contribution is -2.05. The second-order valence-corrected chi connectivity index (χ2v) is 4.76. The van der Waals surface area contributed by atoms with Crippen LogP contribution in [0.25, 0.3) is 11.5 Å². The quantitative estimate of drug-likeness (QED) is 0.730. The van der Waals surface area contributed by atoms with Crippen LogP contribution in [0, 0.1) is 13.8 Å². The number of hydrogen-bond acceptors (Lipinski definition) is 3. The molecule has 0 aliphatic rings. The van der Waals surface area contributed by atoms with Gasteiger partial charge in [-0.15, -0.1) is 0 Å². The Morgan fingerprint density at radius 1 is 0.850 bits per heavy atom. The highest BCUT2D eigenvalue weighted by molar-refractivity contribution is 5.50. The molecule has 3 rings (SSSR count). The predicted octanol–water partition coefficient (Wildman–Crippen LogP) is 3.01. The van der Waals surface area contributed by atoms with Crippen molar-refractivity contribution in [3.8, 4) is 11.5 Å². The summed E-state index contributed by atoms with van der Waals surface area (Å²) >= 11 is 0. The van der Waals surface area contributed by atoms with Gasteiger partial charge in [-0.25, -0.2) is 15.0 Å². The fraction of sp³-hybridized carbons (Fsp3) is 0.188. The first-order valence-electron chi connectivity index (χ1n) is 6.61. The van der Waals surface area contributed by atoms with Crippen molar-refractivity contribution >= 4 is 0 Å². The molecule has 0 spiro atoms. The zero-order valence-corrected chi connectivity index (χ0v) is 11.6. The first kappa shape index (κ1) is 12.5. The molecule has 2 heterocycles. The smallest absolute Gasteiger partial charge is 0.179 e. The molecule has 0 aliphatic heterocycles. The molecule has 0 aliphatic carbocycles. The molecule has 0 bridgehead atoms. The number of aromatic nitrogens is 4. The molecule has 4 heteroatoms. The molecule has 1 aromatic carbocycles. The monoisotopic (exact) mass is 264 g/mol. The average molecular weight is 264 g/mol. The Kier molecular flexibility index (Phi) is 3.29. The van der Waals surface area contributed by atoms with E-state index in [1.807, 2.05) is 32.0 Å². The van der Waals surface area contributed by atoms with Crippen LogP contribution < -0.4 is 0 Å². The minimum absolute atomic E-state index is 0.732. The molecule has 0 fully saturated rings. The minimum atomic E-state index is 0.732. The standard InChI is InChI=1S/C16H16N4/c1-12-17-13(2)19-16(18-12)15-9-6-10-20(15)11-14-7-4-3-5-8-14/h3-10H,11H2,1-2H3. The molecule has 3 aromatic rings. The van der Waals surface area contributed by atoms with Crippen LogP contribution in [-0.4, -0.2) is 19.5 Å². The first-order valence-corrected chi connectivity index (χ1v) is 6.61.